The number of benzene rings is 1. The van der Waals surface area contributed by atoms with E-state index in [2.05, 4.69) is 4.90 Å². The van der Waals surface area contributed by atoms with E-state index >= 15 is 0 Å². The molecule has 2 rings (SSSR count). The summed E-state index contributed by atoms with van der Waals surface area (Å²) in [5.74, 6) is -0.133. The van der Waals surface area contributed by atoms with Gasteiger partial charge in [0.2, 0.25) is 5.91 Å². The number of nitrogens with zero attached hydrogens (tertiary/aromatic N) is 2. The largest absolute Gasteiger partial charge is 0.341 e. The minimum atomic E-state index is -0.264. The molecule has 4 heteroatoms. The Kier molecular flexibility index (Phi) is 3.97. The summed E-state index contributed by atoms with van der Waals surface area (Å²) in [5.41, 5.74) is 0.870. The summed E-state index contributed by atoms with van der Waals surface area (Å²) in [6, 6.07) is 6.60. The van der Waals surface area contributed by atoms with Crippen LogP contribution in [0.2, 0.25) is 0 Å². The van der Waals surface area contributed by atoms with Gasteiger partial charge in [0, 0.05) is 19.1 Å². The van der Waals surface area contributed by atoms with Gasteiger partial charge in [0.05, 0.1) is 6.42 Å². The van der Waals surface area contributed by atoms with E-state index in [1.54, 1.807) is 12.1 Å². The number of likely N-dealkylation sites (tertiary alicyclic amines) is 1. The number of carbonyl (C=O) groups is 1. The Morgan fingerprint density at radius 1 is 1.39 bits per heavy atom. The lowest BCUT2D eigenvalue weighted by Crippen LogP contribution is -2.35. The van der Waals surface area contributed by atoms with Gasteiger partial charge in [0.25, 0.3) is 0 Å². The van der Waals surface area contributed by atoms with Gasteiger partial charge in [0.1, 0.15) is 5.82 Å². The molecular formula is C14H19FN2O. The second-order valence-corrected chi connectivity index (χ2v) is 5.05. The Labute approximate surface area is 107 Å². The zero-order valence-electron chi connectivity index (χ0n) is 10.9. The fraction of sp³-hybridized carbons (Fsp3) is 0.500. The van der Waals surface area contributed by atoms with Crippen LogP contribution in [0.25, 0.3) is 0 Å². The quantitative estimate of drug-likeness (QED) is 0.812. The molecule has 1 saturated heterocycles. The van der Waals surface area contributed by atoms with E-state index in [9.17, 15) is 9.18 Å². The van der Waals surface area contributed by atoms with E-state index < -0.39 is 0 Å². The minimum absolute atomic E-state index is 0.131. The molecule has 1 atom stereocenters. The molecule has 1 aromatic carbocycles. The smallest absolute Gasteiger partial charge is 0.227 e. The summed E-state index contributed by atoms with van der Waals surface area (Å²) in [6.45, 7) is 1.62. The van der Waals surface area contributed by atoms with E-state index in [0.29, 0.717) is 12.5 Å². The van der Waals surface area contributed by atoms with Crippen molar-refractivity contribution >= 4 is 5.91 Å². The van der Waals surface area contributed by atoms with Crippen molar-refractivity contribution in [1.82, 2.24) is 9.80 Å². The number of carbonyl (C=O) groups excluding carboxylic acids is 1. The highest BCUT2D eigenvalue weighted by Gasteiger charge is 2.27. The van der Waals surface area contributed by atoms with Crippen LogP contribution in [0.5, 0.6) is 0 Å². The summed E-state index contributed by atoms with van der Waals surface area (Å²) >= 11 is 0. The van der Waals surface area contributed by atoms with Gasteiger partial charge < -0.3 is 9.80 Å². The Hall–Kier alpha value is -1.42. The first kappa shape index (κ1) is 13.0. The Morgan fingerprint density at radius 2 is 2.06 bits per heavy atom. The van der Waals surface area contributed by atoms with Gasteiger partial charge in [0.15, 0.2) is 0 Å². The predicted molar refractivity (Wildman–Crippen MR) is 68.8 cm³/mol. The number of hydrogen-bond donors (Lipinski definition) is 0. The third kappa shape index (κ3) is 3.07. The number of halogens is 1. The fourth-order valence-electron chi connectivity index (χ4n) is 2.28. The average Bonchev–Trinajstić information content (AvgIpc) is 2.81. The first-order chi connectivity index (χ1) is 8.56. The highest BCUT2D eigenvalue weighted by atomic mass is 19.1. The number of likely N-dealkylation sites (N-methyl/N-ethyl adjacent to an activating group) is 1. The third-order valence-corrected chi connectivity index (χ3v) is 3.51. The molecule has 0 saturated carbocycles. The Bertz CT molecular complexity index is 416. The van der Waals surface area contributed by atoms with Crippen LogP contribution in [0.3, 0.4) is 0 Å². The summed E-state index contributed by atoms with van der Waals surface area (Å²) in [6.07, 6.45) is 1.39. The van der Waals surface area contributed by atoms with Gasteiger partial charge >= 0.3 is 0 Å². The van der Waals surface area contributed by atoms with E-state index in [4.69, 9.17) is 0 Å². The van der Waals surface area contributed by atoms with Crippen LogP contribution < -0.4 is 0 Å². The maximum atomic E-state index is 12.8. The monoisotopic (exact) mass is 250 g/mol. The van der Waals surface area contributed by atoms with Crippen molar-refractivity contribution < 1.29 is 9.18 Å². The Morgan fingerprint density at radius 3 is 2.61 bits per heavy atom. The van der Waals surface area contributed by atoms with Crippen molar-refractivity contribution in [3.05, 3.63) is 35.6 Å². The van der Waals surface area contributed by atoms with Crippen LogP contribution in [0, 0.1) is 5.82 Å². The third-order valence-electron chi connectivity index (χ3n) is 3.51. The fourth-order valence-corrected chi connectivity index (χ4v) is 2.28. The van der Waals surface area contributed by atoms with Crippen molar-refractivity contribution in [1.29, 1.82) is 0 Å². The molecule has 1 amide bonds. The molecule has 18 heavy (non-hydrogen) atoms. The van der Waals surface area contributed by atoms with E-state index in [1.165, 1.54) is 12.1 Å². The van der Waals surface area contributed by atoms with Crippen LogP contribution in [-0.4, -0.2) is 48.9 Å². The molecule has 3 nitrogen and oxygen atoms in total. The average molecular weight is 250 g/mol. The molecule has 1 aromatic rings. The zero-order chi connectivity index (χ0) is 13.1. The molecule has 0 aromatic heterocycles. The maximum Gasteiger partial charge on any atom is 0.227 e. The second-order valence-electron chi connectivity index (χ2n) is 5.05. The lowest BCUT2D eigenvalue weighted by molar-refractivity contribution is -0.129. The normalized spacial score (nSPS) is 19.6. The molecule has 0 radical (unpaired) electrons. The van der Waals surface area contributed by atoms with E-state index in [0.717, 1.165) is 25.1 Å². The molecule has 1 heterocycles. The molecular weight excluding hydrogens is 231 g/mol. The summed E-state index contributed by atoms with van der Waals surface area (Å²) in [4.78, 5) is 16.1. The van der Waals surface area contributed by atoms with Crippen molar-refractivity contribution in [2.45, 2.75) is 18.9 Å². The first-order valence-electron chi connectivity index (χ1n) is 6.25. The standard InChI is InChI=1S/C14H19FN2O/c1-16(2)13-7-8-17(10-13)14(18)9-11-3-5-12(15)6-4-11/h3-6,13H,7-10H2,1-2H3. The van der Waals surface area contributed by atoms with Gasteiger partial charge in [-0.05, 0) is 38.2 Å². The topological polar surface area (TPSA) is 23.6 Å². The van der Waals surface area contributed by atoms with Crippen molar-refractivity contribution in [3.63, 3.8) is 0 Å². The van der Waals surface area contributed by atoms with Crippen LogP contribution in [0.4, 0.5) is 4.39 Å². The molecule has 0 bridgehead atoms. The molecule has 1 aliphatic heterocycles. The van der Waals surface area contributed by atoms with Gasteiger partial charge in [-0.25, -0.2) is 4.39 Å². The minimum Gasteiger partial charge on any atom is -0.341 e. The van der Waals surface area contributed by atoms with Crippen LogP contribution >= 0.6 is 0 Å². The Balaban J connectivity index is 1.91. The van der Waals surface area contributed by atoms with Gasteiger partial charge in [-0.1, -0.05) is 12.1 Å². The van der Waals surface area contributed by atoms with E-state index in [1.807, 2.05) is 19.0 Å². The first-order valence-corrected chi connectivity index (χ1v) is 6.25. The SMILES string of the molecule is CN(C)C1CCN(C(=O)Cc2ccc(F)cc2)C1. The molecule has 0 N–H and O–H groups in total. The summed E-state index contributed by atoms with van der Waals surface area (Å²) in [7, 11) is 4.08. The highest BCUT2D eigenvalue weighted by molar-refractivity contribution is 5.79. The molecule has 1 fully saturated rings. The van der Waals surface area contributed by atoms with E-state index in [-0.39, 0.29) is 11.7 Å². The molecule has 98 valence electrons. The summed E-state index contributed by atoms with van der Waals surface area (Å²) in [5, 5.41) is 0. The highest BCUT2D eigenvalue weighted by Crippen LogP contribution is 2.15. The maximum absolute atomic E-state index is 12.8. The predicted octanol–water partition coefficient (Wildman–Crippen LogP) is 1.53. The zero-order valence-corrected chi connectivity index (χ0v) is 10.9. The number of amides is 1. The van der Waals surface area contributed by atoms with Crippen LogP contribution in [-0.2, 0) is 11.2 Å². The van der Waals surface area contributed by atoms with Crippen LogP contribution in [0.1, 0.15) is 12.0 Å². The molecule has 0 spiro atoms. The molecule has 1 unspecified atom stereocenters. The van der Waals surface area contributed by atoms with Crippen molar-refractivity contribution in [2.24, 2.45) is 0 Å². The van der Waals surface area contributed by atoms with Gasteiger partial charge in [-0.15, -0.1) is 0 Å². The lowest BCUT2D eigenvalue weighted by Gasteiger charge is -2.20. The molecule has 1 aliphatic rings. The van der Waals surface area contributed by atoms with Crippen molar-refractivity contribution in [3.8, 4) is 0 Å². The molecule has 0 aliphatic carbocycles. The summed E-state index contributed by atoms with van der Waals surface area (Å²) < 4.78 is 12.8. The van der Waals surface area contributed by atoms with Gasteiger partial charge in [-0.2, -0.15) is 0 Å². The second kappa shape index (κ2) is 5.48. The van der Waals surface area contributed by atoms with Gasteiger partial charge in [-0.3, -0.25) is 4.79 Å². The van der Waals surface area contributed by atoms with Crippen molar-refractivity contribution in [2.75, 3.05) is 27.2 Å². The number of rotatable bonds is 3. The number of hydrogen-bond acceptors (Lipinski definition) is 2. The van der Waals surface area contributed by atoms with Crippen LogP contribution in [0.15, 0.2) is 24.3 Å². The lowest BCUT2D eigenvalue weighted by atomic mass is 10.1.